The number of fused-ring (bicyclic) bond motifs is 1. The van der Waals surface area contributed by atoms with Crippen molar-refractivity contribution in [1.82, 2.24) is 4.98 Å². The zero-order valence-corrected chi connectivity index (χ0v) is 13.9. The number of carbonyl (C=O) groups excluding carboxylic acids is 1. The molecule has 2 aromatic carbocycles. The van der Waals surface area contributed by atoms with Gasteiger partial charge in [0.15, 0.2) is 17.9 Å². The maximum atomic E-state index is 14.0. The molecule has 0 saturated carbocycles. The molecule has 1 N–H and O–H groups in total. The van der Waals surface area contributed by atoms with Crippen molar-refractivity contribution in [3.05, 3.63) is 53.3 Å². The van der Waals surface area contributed by atoms with Crippen LogP contribution >= 0.6 is 0 Å². The zero-order chi connectivity index (χ0) is 17.1. The van der Waals surface area contributed by atoms with Crippen LogP contribution in [0.3, 0.4) is 0 Å². The van der Waals surface area contributed by atoms with Gasteiger partial charge in [-0.15, -0.1) is 0 Å². The summed E-state index contributed by atoms with van der Waals surface area (Å²) in [5.74, 6) is -0.265. The molecule has 124 valence electrons. The number of halogens is 1. The number of hydrogen-bond acceptors (Lipinski definition) is 2. The molecular weight excluding hydrogens is 305 g/mol. The highest BCUT2D eigenvalue weighted by Gasteiger charge is 2.15. The van der Waals surface area contributed by atoms with E-state index >= 15 is 0 Å². The Kier molecular flexibility index (Phi) is 4.65. The molecule has 0 radical (unpaired) electrons. The smallest absolute Gasteiger partial charge is 0.165 e. The van der Waals surface area contributed by atoms with E-state index in [2.05, 4.69) is 24.0 Å². The minimum Gasteiger partial charge on any atom is -0.494 e. The van der Waals surface area contributed by atoms with E-state index in [1.165, 1.54) is 18.7 Å². The lowest BCUT2D eigenvalue weighted by molar-refractivity contribution is 0.112. The normalized spacial score (nSPS) is 11.0. The molecular formula is C20H20FNO2. The van der Waals surface area contributed by atoms with Crippen LogP contribution in [-0.4, -0.2) is 18.4 Å². The number of aromatic nitrogens is 1. The molecule has 1 heterocycles. The zero-order valence-electron chi connectivity index (χ0n) is 13.9. The van der Waals surface area contributed by atoms with Crippen LogP contribution in [0, 0.1) is 5.82 Å². The molecule has 0 atom stereocenters. The van der Waals surface area contributed by atoms with Crippen molar-refractivity contribution in [3.8, 4) is 17.0 Å². The summed E-state index contributed by atoms with van der Waals surface area (Å²) < 4.78 is 19.0. The predicted octanol–water partition coefficient (Wildman–Crippen LogP) is 5.14. The molecule has 24 heavy (non-hydrogen) atoms. The molecule has 3 rings (SSSR count). The fourth-order valence-corrected chi connectivity index (χ4v) is 2.97. The Morgan fingerprint density at radius 3 is 2.71 bits per heavy atom. The third-order valence-corrected chi connectivity index (χ3v) is 4.28. The first-order valence-electron chi connectivity index (χ1n) is 8.11. The van der Waals surface area contributed by atoms with Crippen molar-refractivity contribution in [3.63, 3.8) is 0 Å². The van der Waals surface area contributed by atoms with E-state index in [-0.39, 0.29) is 5.75 Å². The Labute approximate surface area is 140 Å². The van der Waals surface area contributed by atoms with E-state index in [4.69, 9.17) is 4.74 Å². The maximum absolute atomic E-state index is 14.0. The Bertz CT molecular complexity index is 883. The summed E-state index contributed by atoms with van der Waals surface area (Å²) in [5, 5.41) is 0.879. The summed E-state index contributed by atoms with van der Waals surface area (Å²) in [6.07, 6.45) is 4.06. The van der Waals surface area contributed by atoms with Crippen molar-refractivity contribution < 1.29 is 13.9 Å². The quantitative estimate of drug-likeness (QED) is 0.638. The SMILES string of the molecule is CCCCc1ccc2[nH]c(-c3ccc(OC)c(F)c3)c(C=O)c2c1. The highest BCUT2D eigenvalue weighted by atomic mass is 19.1. The number of hydrogen-bond donors (Lipinski definition) is 1. The van der Waals surface area contributed by atoms with E-state index in [0.29, 0.717) is 16.8 Å². The van der Waals surface area contributed by atoms with Crippen LogP contribution in [0.15, 0.2) is 36.4 Å². The van der Waals surface area contributed by atoms with Gasteiger partial charge in [0.25, 0.3) is 0 Å². The molecule has 0 spiro atoms. The maximum Gasteiger partial charge on any atom is 0.165 e. The highest BCUT2D eigenvalue weighted by molar-refractivity contribution is 6.04. The van der Waals surface area contributed by atoms with Crippen LogP contribution in [0.2, 0.25) is 0 Å². The van der Waals surface area contributed by atoms with Gasteiger partial charge in [-0.05, 0) is 48.7 Å². The van der Waals surface area contributed by atoms with Crippen molar-refractivity contribution in [2.45, 2.75) is 26.2 Å². The van der Waals surface area contributed by atoms with Gasteiger partial charge in [0.05, 0.1) is 12.8 Å². The first-order chi connectivity index (χ1) is 11.7. The van der Waals surface area contributed by atoms with E-state index in [1.807, 2.05) is 6.07 Å². The van der Waals surface area contributed by atoms with Crippen LogP contribution in [0.4, 0.5) is 4.39 Å². The van der Waals surface area contributed by atoms with Gasteiger partial charge in [-0.2, -0.15) is 0 Å². The lowest BCUT2D eigenvalue weighted by Crippen LogP contribution is -1.90. The van der Waals surface area contributed by atoms with Gasteiger partial charge >= 0.3 is 0 Å². The van der Waals surface area contributed by atoms with Crippen LogP contribution in [0.5, 0.6) is 5.75 Å². The van der Waals surface area contributed by atoms with Gasteiger partial charge < -0.3 is 9.72 Å². The number of methoxy groups -OCH3 is 1. The molecule has 0 aliphatic heterocycles. The van der Waals surface area contributed by atoms with Crippen molar-refractivity contribution in [2.24, 2.45) is 0 Å². The number of aromatic amines is 1. The number of aryl methyl sites for hydroxylation is 1. The van der Waals surface area contributed by atoms with Crippen LogP contribution < -0.4 is 4.74 Å². The number of nitrogens with one attached hydrogen (secondary N) is 1. The number of aldehydes is 1. The largest absolute Gasteiger partial charge is 0.494 e. The summed E-state index contributed by atoms with van der Waals surface area (Å²) in [7, 11) is 1.43. The molecule has 3 aromatic rings. The number of carbonyl (C=O) groups is 1. The predicted molar refractivity (Wildman–Crippen MR) is 94.2 cm³/mol. The van der Waals surface area contributed by atoms with Gasteiger partial charge in [0.2, 0.25) is 0 Å². The van der Waals surface area contributed by atoms with Gasteiger partial charge in [-0.25, -0.2) is 4.39 Å². The van der Waals surface area contributed by atoms with Gasteiger partial charge in [0, 0.05) is 22.0 Å². The van der Waals surface area contributed by atoms with E-state index < -0.39 is 5.82 Å². The highest BCUT2D eigenvalue weighted by Crippen LogP contribution is 2.32. The Morgan fingerprint density at radius 2 is 2.04 bits per heavy atom. The van der Waals surface area contributed by atoms with E-state index in [0.717, 1.165) is 36.5 Å². The van der Waals surface area contributed by atoms with Crippen molar-refractivity contribution in [1.29, 1.82) is 0 Å². The first kappa shape index (κ1) is 16.2. The number of ether oxygens (including phenoxy) is 1. The third kappa shape index (κ3) is 2.92. The second kappa shape index (κ2) is 6.87. The molecule has 0 unspecified atom stereocenters. The summed E-state index contributed by atoms with van der Waals surface area (Å²) in [6, 6.07) is 10.8. The van der Waals surface area contributed by atoms with Gasteiger partial charge in [0.1, 0.15) is 0 Å². The average Bonchev–Trinajstić information content (AvgIpc) is 2.97. The molecule has 0 aliphatic carbocycles. The van der Waals surface area contributed by atoms with Crippen LogP contribution in [-0.2, 0) is 6.42 Å². The van der Waals surface area contributed by atoms with Crippen LogP contribution in [0.1, 0.15) is 35.7 Å². The number of unbranched alkanes of at least 4 members (excludes halogenated alkanes) is 1. The Hall–Kier alpha value is -2.62. The molecule has 4 heteroatoms. The molecule has 1 aromatic heterocycles. The molecule has 0 amide bonds. The second-order valence-electron chi connectivity index (χ2n) is 5.86. The standard InChI is InChI=1S/C20H20FNO2/c1-3-4-5-13-6-8-18-15(10-13)16(12-23)20(22-18)14-7-9-19(24-2)17(21)11-14/h6-12,22H,3-5H2,1-2H3. The number of H-pyrrole nitrogens is 1. The summed E-state index contributed by atoms with van der Waals surface area (Å²) >= 11 is 0. The summed E-state index contributed by atoms with van der Waals surface area (Å²) in [6.45, 7) is 2.15. The lowest BCUT2D eigenvalue weighted by Gasteiger charge is -2.04. The van der Waals surface area contributed by atoms with Gasteiger partial charge in [-0.1, -0.05) is 19.4 Å². The van der Waals surface area contributed by atoms with Gasteiger partial charge in [-0.3, -0.25) is 4.79 Å². The first-order valence-corrected chi connectivity index (χ1v) is 8.11. The Balaban J connectivity index is 2.11. The fourth-order valence-electron chi connectivity index (χ4n) is 2.97. The molecule has 0 saturated heterocycles. The molecule has 3 nitrogen and oxygen atoms in total. The minimum atomic E-state index is -0.450. The summed E-state index contributed by atoms with van der Waals surface area (Å²) in [4.78, 5) is 14.9. The van der Waals surface area contributed by atoms with E-state index in [1.54, 1.807) is 12.1 Å². The van der Waals surface area contributed by atoms with Crippen molar-refractivity contribution >= 4 is 17.2 Å². The number of rotatable bonds is 6. The molecule has 0 aliphatic rings. The van der Waals surface area contributed by atoms with E-state index in [9.17, 15) is 9.18 Å². The van der Waals surface area contributed by atoms with Crippen molar-refractivity contribution in [2.75, 3.05) is 7.11 Å². The summed E-state index contributed by atoms with van der Waals surface area (Å²) in [5.41, 5.74) is 3.91. The topological polar surface area (TPSA) is 42.1 Å². The second-order valence-corrected chi connectivity index (χ2v) is 5.86. The molecule has 0 fully saturated rings. The Morgan fingerprint density at radius 1 is 1.21 bits per heavy atom. The minimum absolute atomic E-state index is 0.185. The number of benzene rings is 2. The average molecular weight is 325 g/mol. The lowest BCUT2D eigenvalue weighted by atomic mass is 10.0. The fraction of sp³-hybridized carbons (Fsp3) is 0.250. The third-order valence-electron chi connectivity index (χ3n) is 4.28. The molecule has 0 bridgehead atoms. The monoisotopic (exact) mass is 325 g/mol. The van der Waals surface area contributed by atoms with Crippen LogP contribution in [0.25, 0.3) is 22.2 Å².